The van der Waals surface area contributed by atoms with Crippen LogP contribution in [-0.4, -0.2) is 20.4 Å². The first-order valence-corrected chi connectivity index (χ1v) is 8.40. The Kier molecular flexibility index (Phi) is 4.01. The summed E-state index contributed by atoms with van der Waals surface area (Å²) in [5.74, 6) is -0.186. The van der Waals surface area contributed by atoms with Crippen LogP contribution in [0.4, 0.5) is 0 Å². The summed E-state index contributed by atoms with van der Waals surface area (Å²) >= 11 is 0. The van der Waals surface area contributed by atoms with E-state index in [2.05, 4.69) is 27.4 Å². The van der Waals surface area contributed by atoms with Crippen LogP contribution in [-0.2, 0) is 17.8 Å². The van der Waals surface area contributed by atoms with E-state index >= 15 is 0 Å². The number of pyridine rings is 1. The lowest BCUT2D eigenvalue weighted by Crippen LogP contribution is -2.36. The molecule has 2 heterocycles. The van der Waals surface area contributed by atoms with Crippen molar-refractivity contribution in [3.63, 3.8) is 0 Å². The number of amides is 1. The molecule has 3 aromatic rings. The predicted molar refractivity (Wildman–Crippen MR) is 94.1 cm³/mol. The summed E-state index contributed by atoms with van der Waals surface area (Å²) in [5.41, 5.74) is 2.60. The molecule has 1 aromatic carbocycles. The van der Waals surface area contributed by atoms with Gasteiger partial charge in [0.15, 0.2) is 5.65 Å². The third-order valence-electron chi connectivity index (χ3n) is 4.62. The van der Waals surface area contributed by atoms with Gasteiger partial charge in [0, 0.05) is 6.20 Å². The molecular formula is C19H18N4O2. The molecule has 0 fully saturated rings. The molecule has 4 rings (SSSR count). The summed E-state index contributed by atoms with van der Waals surface area (Å²) in [6.07, 6.45) is 5.98. The lowest BCUT2D eigenvalue weighted by molar-refractivity contribution is -0.122. The Morgan fingerprint density at radius 3 is 3.00 bits per heavy atom. The molecule has 0 saturated heterocycles. The molecule has 0 saturated carbocycles. The van der Waals surface area contributed by atoms with Crippen LogP contribution in [0.25, 0.3) is 11.0 Å². The molecule has 1 N–H and O–H groups in total. The molecule has 6 nitrogen and oxygen atoms in total. The molecule has 0 bridgehead atoms. The Hall–Kier alpha value is -3.02. The van der Waals surface area contributed by atoms with E-state index in [4.69, 9.17) is 0 Å². The fourth-order valence-corrected chi connectivity index (χ4v) is 3.41. The lowest BCUT2D eigenvalue weighted by atomic mass is 9.88. The number of aromatic nitrogens is 3. The summed E-state index contributed by atoms with van der Waals surface area (Å²) in [6, 6.07) is 11.6. The number of hydrogen-bond donors (Lipinski definition) is 1. The molecule has 0 aliphatic heterocycles. The third kappa shape index (κ3) is 3.03. The minimum Gasteiger partial charge on any atom is -0.348 e. The van der Waals surface area contributed by atoms with E-state index in [1.165, 1.54) is 22.0 Å². The van der Waals surface area contributed by atoms with E-state index in [1.807, 2.05) is 12.1 Å². The quantitative estimate of drug-likeness (QED) is 0.795. The molecular weight excluding hydrogens is 316 g/mol. The minimum atomic E-state index is -0.253. The van der Waals surface area contributed by atoms with E-state index in [-0.39, 0.29) is 24.1 Å². The highest BCUT2D eigenvalue weighted by Gasteiger charge is 2.21. The molecule has 126 valence electrons. The van der Waals surface area contributed by atoms with Gasteiger partial charge in [-0.1, -0.05) is 24.3 Å². The standard InChI is InChI=1S/C19H18N4O2/c24-17(22-16-9-3-6-13-5-1-2-7-14(13)16)11-23-12-21-18-15(19(23)25)8-4-10-20-18/h1-2,4-5,7-8,10,12,16H,3,6,9,11H2,(H,22,24). The second kappa shape index (κ2) is 6.47. The van der Waals surface area contributed by atoms with Crippen molar-refractivity contribution < 1.29 is 4.79 Å². The van der Waals surface area contributed by atoms with Crippen LogP contribution in [0.15, 0.2) is 53.7 Å². The molecule has 6 heteroatoms. The average Bonchev–Trinajstić information content (AvgIpc) is 2.65. The van der Waals surface area contributed by atoms with E-state index in [1.54, 1.807) is 18.3 Å². The minimum absolute atomic E-state index is 0.00299. The van der Waals surface area contributed by atoms with Gasteiger partial charge in [-0.25, -0.2) is 9.97 Å². The summed E-state index contributed by atoms with van der Waals surface area (Å²) in [6.45, 7) is -0.0463. The zero-order valence-corrected chi connectivity index (χ0v) is 13.7. The number of benzene rings is 1. The summed E-state index contributed by atoms with van der Waals surface area (Å²) in [7, 11) is 0. The molecule has 1 amide bonds. The van der Waals surface area contributed by atoms with Crippen molar-refractivity contribution in [2.45, 2.75) is 31.8 Å². The SMILES string of the molecule is O=C(Cn1cnc2ncccc2c1=O)NC1CCCc2ccccc21. The summed E-state index contributed by atoms with van der Waals surface area (Å²) < 4.78 is 1.33. The number of carbonyl (C=O) groups excluding carboxylic acids is 1. The third-order valence-corrected chi connectivity index (χ3v) is 4.62. The van der Waals surface area contributed by atoms with Gasteiger partial charge in [-0.05, 0) is 42.5 Å². The van der Waals surface area contributed by atoms with Gasteiger partial charge in [0.2, 0.25) is 5.91 Å². The van der Waals surface area contributed by atoms with Crippen molar-refractivity contribution in [1.29, 1.82) is 0 Å². The monoisotopic (exact) mass is 334 g/mol. The first kappa shape index (κ1) is 15.5. The van der Waals surface area contributed by atoms with Crippen molar-refractivity contribution >= 4 is 16.9 Å². The molecule has 1 aliphatic rings. The zero-order valence-electron chi connectivity index (χ0n) is 13.7. The van der Waals surface area contributed by atoms with Gasteiger partial charge in [-0.15, -0.1) is 0 Å². The van der Waals surface area contributed by atoms with Crippen LogP contribution in [0.5, 0.6) is 0 Å². The number of rotatable bonds is 3. The second-order valence-corrected chi connectivity index (χ2v) is 6.26. The van der Waals surface area contributed by atoms with Gasteiger partial charge in [0.05, 0.1) is 11.4 Å². The van der Waals surface area contributed by atoms with E-state index in [9.17, 15) is 9.59 Å². The topological polar surface area (TPSA) is 76.9 Å². The Morgan fingerprint density at radius 2 is 2.08 bits per heavy atom. The van der Waals surface area contributed by atoms with Crippen LogP contribution in [0.1, 0.15) is 30.0 Å². The maximum Gasteiger partial charge on any atom is 0.263 e. The number of hydrogen-bond acceptors (Lipinski definition) is 4. The number of aryl methyl sites for hydroxylation is 1. The Morgan fingerprint density at radius 1 is 1.20 bits per heavy atom. The van der Waals surface area contributed by atoms with E-state index in [0.717, 1.165) is 19.3 Å². The van der Waals surface area contributed by atoms with Crippen molar-refractivity contribution in [3.8, 4) is 0 Å². The van der Waals surface area contributed by atoms with Crippen molar-refractivity contribution in [3.05, 3.63) is 70.4 Å². The van der Waals surface area contributed by atoms with Gasteiger partial charge in [0.1, 0.15) is 12.9 Å². The smallest absolute Gasteiger partial charge is 0.263 e. The Labute approximate surface area is 144 Å². The number of fused-ring (bicyclic) bond motifs is 2. The molecule has 1 unspecified atom stereocenters. The number of carbonyl (C=O) groups is 1. The van der Waals surface area contributed by atoms with Crippen LogP contribution in [0.3, 0.4) is 0 Å². The number of nitrogens with zero attached hydrogens (tertiary/aromatic N) is 3. The second-order valence-electron chi connectivity index (χ2n) is 6.26. The average molecular weight is 334 g/mol. The zero-order chi connectivity index (χ0) is 17.2. The Balaban J connectivity index is 1.54. The predicted octanol–water partition coefficient (Wildman–Crippen LogP) is 1.99. The van der Waals surface area contributed by atoms with Crippen molar-refractivity contribution in [2.75, 3.05) is 0 Å². The van der Waals surface area contributed by atoms with Crippen LogP contribution >= 0.6 is 0 Å². The largest absolute Gasteiger partial charge is 0.348 e. The fraction of sp³-hybridized carbons (Fsp3) is 0.263. The molecule has 25 heavy (non-hydrogen) atoms. The van der Waals surface area contributed by atoms with E-state index < -0.39 is 0 Å². The molecule has 1 atom stereocenters. The molecule has 0 radical (unpaired) electrons. The van der Waals surface area contributed by atoms with Gasteiger partial charge in [0.25, 0.3) is 5.56 Å². The first-order chi connectivity index (χ1) is 12.2. The van der Waals surface area contributed by atoms with Crippen LogP contribution in [0, 0.1) is 0 Å². The van der Waals surface area contributed by atoms with Gasteiger partial charge in [-0.2, -0.15) is 0 Å². The summed E-state index contributed by atoms with van der Waals surface area (Å²) in [4.78, 5) is 33.1. The van der Waals surface area contributed by atoms with Crippen molar-refractivity contribution in [1.82, 2.24) is 19.9 Å². The van der Waals surface area contributed by atoms with Gasteiger partial charge < -0.3 is 5.32 Å². The molecule has 0 spiro atoms. The fourth-order valence-electron chi connectivity index (χ4n) is 3.41. The lowest BCUT2D eigenvalue weighted by Gasteiger charge is -2.26. The molecule has 1 aliphatic carbocycles. The highest BCUT2D eigenvalue weighted by atomic mass is 16.2. The highest BCUT2D eigenvalue weighted by molar-refractivity contribution is 5.77. The maximum absolute atomic E-state index is 12.5. The summed E-state index contributed by atoms with van der Waals surface area (Å²) in [5, 5.41) is 3.47. The van der Waals surface area contributed by atoms with Crippen LogP contribution < -0.4 is 10.9 Å². The first-order valence-electron chi connectivity index (χ1n) is 8.40. The number of nitrogens with one attached hydrogen (secondary N) is 1. The normalized spacial score (nSPS) is 16.4. The highest BCUT2D eigenvalue weighted by Crippen LogP contribution is 2.29. The maximum atomic E-state index is 12.5. The van der Waals surface area contributed by atoms with Gasteiger partial charge in [-0.3, -0.25) is 14.2 Å². The van der Waals surface area contributed by atoms with Crippen molar-refractivity contribution in [2.24, 2.45) is 0 Å². The molecule has 2 aromatic heterocycles. The van der Waals surface area contributed by atoms with E-state index in [0.29, 0.717) is 11.0 Å². The Bertz CT molecular complexity index is 996. The van der Waals surface area contributed by atoms with Crippen LogP contribution in [0.2, 0.25) is 0 Å². The van der Waals surface area contributed by atoms with Gasteiger partial charge >= 0.3 is 0 Å².